The Labute approximate surface area is 125 Å². The lowest BCUT2D eigenvalue weighted by Crippen LogP contribution is -2.04. The SMILES string of the molecule is Cc1ccc(CC(C)C=NOC(=O)c2ccccc2)cc1. The average Bonchev–Trinajstić information content (AvgIpc) is 2.50. The molecule has 0 saturated carbocycles. The summed E-state index contributed by atoms with van der Waals surface area (Å²) in [7, 11) is 0. The average molecular weight is 281 g/mol. The maximum Gasteiger partial charge on any atom is 0.365 e. The van der Waals surface area contributed by atoms with Crippen LogP contribution in [-0.2, 0) is 11.3 Å². The zero-order valence-electron chi connectivity index (χ0n) is 12.3. The summed E-state index contributed by atoms with van der Waals surface area (Å²) in [5.74, 6) is -0.231. The first kappa shape index (κ1) is 15.0. The highest BCUT2D eigenvalue weighted by molar-refractivity contribution is 5.89. The molecule has 0 spiro atoms. The summed E-state index contributed by atoms with van der Waals surface area (Å²) >= 11 is 0. The maximum absolute atomic E-state index is 11.7. The molecule has 1 atom stereocenters. The second-order valence-electron chi connectivity index (χ2n) is 5.17. The molecule has 3 heteroatoms. The molecule has 0 amide bonds. The Balaban J connectivity index is 1.83. The largest absolute Gasteiger partial charge is 0.365 e. The smallest absolute Gasteiger partial charge is 0.313 e. The summed E-state index contributed by atoms with van der Waals surface area (Å²) in [6.45, 7) is 4.11. The van der Waals surface area contributed by atoms with Crippen molar-refractivity contribution in [3.05, 3.63) is 71.3 Å². The molecule has 0 aliphatic heterocycles. The van der Waals surface area contributed by atoms with Gasteiger partial charge < -0.3 is 4.84 Å². The lowest BCUT2D eigenvalue weighted by atomic mass is 10.0. The van der Waals surface area contributed by atoms with Gasteiger partial charge in [-0.05, 0) is 37.0 Å². The van der Waals surface area contributed by atoms with Gasteiger partial charge in [0, 0.05) is 6.21 Å². The standard InChI is InChI=1S/C18H19NO2/c1-14-8-10-16(11-9-14)12-15(2)13-19-21-18(20)17-6-4-3-5-7-17/h3-11,13,15H,12H2,1-2H3. The number of hydrogen-bond donors (Lipinski definition) is 0. The summed E-state index contributed by atoms with van der Waals surface area (Å²) in [4.78, 5) is 16.6. The normalized spacial score (nSPS) is 12.3. The molecule has 0 aliphatic rings. The van der Waals surface area contributed by atoms with E-state index in [1.807, 2.05) is 13.0 Å². The van der Waals surface area contributed by atoms with E-state index in [4.69, 9.17) is 4.84 Å². The van der Waals surface area contributed by atoms with Crippen molar-refractivity contribution in [2.75, 3.05) is 0 Å². The molecule has 0 radical (unpaired) electrons. The van der Waals surface area contributed by atoms with Crippen molar-refractivity contribution in [3.8, 4) is 0 Å². The highest BCUT2D eigenvalue weighted by Gasteiger charge is 2.06. The van der Waals surface area contributed by atoms with Crippen molar-refractivity contribution >= 4 is 12.2 Å². The van der Waals surface area contributed by atoms with Crippen molar-refractivity contribution in [3.63, 3.8) is 0 Å². The lowest BCUT2D eigenvalue weighted by molar-refractivity contribution is 0.0517. The van der Waals surface area contributed by atoms with Crippen LogP contribution in [0.4, 0.5) is 0 Å². The first-order valence-corrected chi connectivity index (χ1v) is 7.00. The van der Waals surface area contributed by atoms with E-state index in [-0.39, 0.29) is 5.92 Å². The van der Waals surface area contributed by atoms with Gasteiger partial charge in [-0.25, -0.2) is 4.79 Å². The van der Waals surface area contributed by atoms with Crippen LogP contribution in [0.1, 0.15) is 28.4 Å². The van der Waals surface area contributed by atoms with Crippen LogP contribution in [0.2, 0.25) is 0 Å². The molecule has 1 unspecified atom stereocenters. The third-order valence-corrected chi connectivity index (χ3v) is 3.14. The predicted octanol–water partition coefficient (Wildman–Crippen LogP) is 4.02. The van der Waals surface area contributed by atoms with Gasteiger partial charge in [-0.1, -0.05) is 60.1 Å². The number of rotatable bonds is 5. The monoisotopic (exact) mass is 281 g/mol. The van der Waals surface area contributed by atoms with Crippen molar-refractivity contribution < 1.29 is 9.63 Å². The third-order valence-electron chi connectivity index (χ3n) is 3.14. The van der Waals surface area contributed by atoms with Crippen LogP contribution in [0.15, 0.2) is 59.8 Å². The van der Waals surface area contributed by atoms with Crippen molar-refractivity contribution in [1.29, 1.82) is 0 Å². The van der Waals surface area contributed by atoms with Crippen LogP contribution in [0.3, 0.4) is 0 Å². The van der Waals surface area contributed by atoms with Gasteiger partial charge in [-0.15, -0.1) is 0 Å². The van der Waals surface area contributed by atoms with Crippen LogP contribution >= 0.6 is 0 Å². The van der Waals surface area contributed by atoms with Gasteiger partial charge in [0.2, 0.25) is 0 Å². The van der Waals surface area contributed by atoms with E-state index in [0.717, 1.165) is 6.42 Å². The topological polar surface area (TPSA) is 38.7 Å². The van der Waals surface area contributed by atoms with E-state index in [2.05, 4.69) is 36.3 Å². The van der Waals surface area contributed by atoms with Crippen LogP contribution in [0.5, 0.6) is 0 Å². The predicted molar refractivity (Wildman–Crippen MR) is 84.4 cm³/mol. The van der Waals surface area contributed by atoms with Gasteiger partial charge >= 0.3 is 5.97 Å². The van der Waals surface area contributed by atoms with Crippen LogP contribution in [0, 0.1) is 12.8 Å². The molecule has 0 bridgehead atoms. The molecule has 0 aliphatic carbocycles. The van der Waals surface area contributed by atoms with E-state index in [1.54, 1.807) is 30.5 Å². The highest BCUT2D eigenvalue weighted by Crippen LogP contribution is 2.09. The minimum Gasteiger partial charge on any atom is -0.313 e. The fourth-order valence-electron chi connectivity index (χ4n) is 1.96. The molecule has 108 valence electrons. The van der Waals surface area contributed by atoms with Gasteiger partial charge in [0.25, 0.3) is 0 Å². The molecular weight excluding hydrogens is 262 g/mol. The van der Waals surface area contributed by atoms with Crippen molar-refractivity contribution in [1.82, 2.24) is 0 Å². The molecule has 0 fully saturated rings. The number of carbonyl (C=O) groups excluding carboxylic acids is 1. The van der Waals surface area contributed by atoms with E-state index in [0.29, 0.717) is 5.56 Å². The van der Waals surface area contributed by atoms with E-state index in [1.165, 1.54) is 11.1 Å². The number of hydrogen-bond acceptors (Lipinski definition) is 3. The molecular formula is C18H19NO2. The van der Waals surface area contributed by atoms with Crippen molar-refractivity contribution in [2.45, 2.75) is 20.3 Å². The Hall–Kier alpha value is -2.42. The lowest BCUT2D eigenvalue weighted by Gasteiger charge is -2.05. The van der Waals surface area contributed by atoms with Gasteiger partial charge in [-0.2, -0.15) is 0 Å². The highest BCUT2D eigenvalue weighted by atomic mass is 16.7. The summed E-state index contributed by atoms with van der Waals surface area (Å²) in [6, 6.07) is 17.2. The van der Waals surface area contributed by atoms with Gasteiger partial charge in [-0.3, -0.25) is 0 Å². The Morgan fingerprint density at radius 1 is 1.14 bits per heavy atom. The number of benzene rings is 2. The van der Waals surface area contributed by atoms with Gasteiger partial charge in [0.1, 0.15) is 0 Å². The molecule has 21 heavy (non-hydrogen) atoms. The quantitative estimate of drug-likeness (QED) is 0.472. The minimum absolute atomic E-state index is 0.205. The number of oxime groups is 1. The summed E-state index contributed by atoms with van der Waals surface area (Å²) < 4.78 is 0. The van der Waals surface area contributed by atoms with Gasteiger partial charge in [0.15, 0.2) is 0 Å². The molecule has 0 saturated heterocycles. The minimum atomic E-state index is -0.436. The molecule has 2 aromatic carbocycles. The number of carbonyl (C=O) groups is 1. The van der Waals surface area contributed by atoms with E-state index >= 15 is 0 Å². The summed E-state index contributed by atoms with van der Waals surface area (Å²) in [6.07, 6.45) is 2.54. The summed E-state index contributed by atoms with van der Waals surface area (Å²) in [5.41, 5.74) is 2.99. The Bertz CT molecular complexity index is 603. The first-order valence-electron chi connectivity index (χ1n) is 7.00. The maximum atomic E-state index is 11.7. The Morgan fingerprint density at radius 2 is 1.81 bits per heavy atom. The van der Waals surface area contributed by atoms with Crippen molar-refractivity contribution in [2.24, 2.45) is 11.1 Å². The molecule has 0 heterocycles. The second-order valence-corrected chi connectivity index (χ2v) is 5.17. The Morgan fingerprint density at radius 3 is 2.48 bits per heavy atom. The van der Waals surface area contributed by atoms with Crippen LogP contribution < -0.4 is 0 Å². The molecule has 0 aromatic heterocycles. The molecule has 2 rings (SSSR count). The molecule has 3 nitrogen and oxygen atoms in total. The number of nitrogens with zero attached hydrogens (tertiary/aromatic N) is 1. The Kier molecular flexibility index (Phi) is 5.27. The molecule has 0 N–H and O–H groups in total. The first-order chi connectivity index (χ1) is 10.1. The molecule has 2 aromatic rings. The summed E-state index contributed by atoms with van der Waals surface area (Å²) in [5, 5.41) is 3.79. The van der Waals surface area contributed by atoms with Crippen LogP contribution in [-0.4, -0.2) is 12.2 Å². The number of aryl methyl sites for hydroxylation is 1. The van der Waals surface area contributed by atoms with Crippen LogP contribution in [0.25, 0.3) is 0 Å². The fourth-order valence-corrected chi connectivity index (χ4v) is 1.96. The van der Waals surface area contributed by atoms with Gasteiger partial charge in [0.05, 0.1) is 5.56 Å². The third kappa shape index (κ3) is 4.88. The zero-order chi connectivity index (χ0) is 15.1. The van der Waals surface area contributed by atoms with E-state index < -0.39 is 5.97 Å². The zero-order valence-corrected chi connectivity index (χ0v) is 12.3. The second kappa shape index (κ2) is 7.39. The van der Waals surface area contributed by atoms with E-state index in [9.17, 15) is 4.79 Å². The fraction of sp³-hybridized carbons (Fsp3) is 0.222.